The van der Waals surface area contributed by atoms with E-state index in [4.69, 9.17) is 5.73 Å². The van der Waals surface area contributed by atoms with E-state index < -0.39 is 17.5 Å². The molecule has 0 spiro atoms. The monoisotopic (exact) mass is 396 g/mol. The number of nitrogens with one attached hydrogen (secondary N) is 1. The molecule has 0 aliphatic carbocycles. The van der Waals surface area contributed by atoms with Crippen LogP contribution in [0.3, 0.4) is 0 Å². The lowest BCUT2D eigenvalue weighted by Gasteiger charge is -2.11. The first kappa shape index (κ1) is 20.7. The van der Waals surface area contributed by atoms with Crippen molar-refractivity contribution in [2.75, 3.05) is 5.32 Å². The van der Waals surface area contributed by atoms with Gasteiger partial charge >= 0.3 is 0 Å². The molecule has 0 fully saturated rings. The Balaban J connectivity index is 0.00000261. The average Bonchev–Trinajstić information content (AvgIpc) is 3.01. The van der Waals surface area contributed by atoms with Gasteiger partial charge in [-0.1, -0.05) is 0 Å². The number of hydrogen-bond acceptors (Lipinski definition) is 5. The third-order valence-corrected chi connectivity index (χ3v) is 4.08. The molecule has 2 aromatic heterocycles. The second kappa shape index (κ2) is 8.36. The number of amides is 1. The van der Waals surface area contributed by atoms with Crippen molar-refractivity contribution in [1.29, 1.82) is 0 Å². The molecule has 0 aliphatic rings. The predicted molar refractivity (Wildman–Crippen MR) is 98.7 cm³/mol. The molecule has 7 nitrogen and oxygen atoms in total. The fourth-order valence-electron chi connectivity index (χ4n) is 2.74. The second-order valence-corrected chi connectivity index (χ2v) is 5.88. The first-order valence-electron chi connectivity index (χ1n) is 8.05. The topological polar surface area (TPSA) is 98.2 Å². The number of rotatable bonds is 5. The van der Waals surface area contributed by atoms with Crippen LogP contribution in [-0.4, -0.2) is 25.5 Å². The molecular weight excluding hydrogens is 378 g/mol. The lowest BCUT2D eigenvalue weighted by atomic mass is 10.1. The third kappa shape index (κ3) is 4.37. The summed E-state index contributed by atoms with van der Waals surface area (Å²) in [6.07, 6.45) is 0.463. The van der Waals surface area contributed by atoms with Gasteiger partial charge in [-0.05, 0) is 38.0 Å². The van der Waals surface area contributed by atoms with E-state index in [0.29, 0.717) is 18.0 Å². The normalized spacial score (nSPS) is 10.7. The predicted octanol–water partition coefficient (Wildman–Crippen LogP) is 2.47. The van der Waals surface area contributed by atoms with E-state index in [1.807, 2.05) is 13.8 Å². The molecule has 3 N–H and O–H groups in total. The number of nitrogens with two attached hydrogens (primary N) is 1. The molecule has 0 unspecified atom stereocenters. The zero-order chi connectivity index (χ0) is 18.8. The first-order chi connectivity index (χ1) is 12.4. The first-order valence-corrected chi connectivity index (χ1v) is 8.05. The average molecular weight is 397 g/mol. The molecule has 1 aromatic carbocycles. The van der Waals surface area contributed by atoms with Gasteiger partial charge in [-0.2, -0.15) is 4.98 Å². The Morgan fingerprint density at radius 3 is 2.70 bits per heavy atom. The van der Waals surface area contributed by atoms with Crippen molar-refractivity contribution in [3.05, 3.63) is 52.6 Å². The SMILES string of the molecule is Cc1nc2nc(CN)nn2c(C)c1CCC(=O)Nc1cc(F)ccc1F.Cl. The van der Waals surface area contributed by atoms with Crippen LogP contribution in [0.5, 0.6) is 0 Å². The molecule has 27 heavy (non-hydrogen) atoms. The maximum absolute atomic E-state index is 13.6. The van der Waals surface area contributed by atoms with E-state index in [0.717, 1.165) is 35.2 Å². The number of nitrogens with zero attached hydrogens (tertiary/aromatic N) is 4. The molecule has 0 radical (unpaired) electrons. The number of aromatic nitrogens is 4. The van der Waals surface area contributed by atoms with E-state index in [1.54, 1.807) is 4.52 Å². The summed E-state index contributed by atoms with van der Waals surface area (Å²) in [7, 11) is 0. The summed E-state index contributed by atoms with van der Waals surface area (Å²) in [5, 5.41) is 6.66. The molecule has 0 aliphatic heterocycles. The minimum Gasteiger partial charge on any atom is -0.324 e. The van der Waals surface area contributed by atoms with E-state index in [2.05, 4.69) is 20.4 Å². The van der Waals surface area contributed by atoms with Crippen molar-refractivity contribution >= 4 is 29.8 Å². The molecule has 0 saturated heterocycles. The lowest BCUT2D eigenvalue weighted by Crippen LogP contribution is -2.15. The molecule has 0 atom stereocenters. The molecule has 3 rings (SSSR count). The van der Waals surface area contributed by atoms with Crippen LogP contribution in [-0.2, 0) is 17.8 Å². The third-order valence-electron chi connectivity index (χ3n) is 4.08. The highest BCUT2D eigenvalue weighted by Crippen LogP contribution is 2.18. The highest BCUT2D eigenvalue weighted by atomic mass is 35.5. The smallest absolute Gasteiger partial charge is 0.252 e. The number of benzene rings is 1. The van der Waals surface area contributed by atoms with E-state index in [1.165, 1.54) is 0 Å². The quantitative estimate of drug-likeness (QED) is 0.690. The summed E-state index contributed by atoms with van der Waals surface area (Å²) in [5.41, 5.74) is 7.77. The van der Waals surface area contributed by atoms with Gasteiger partial charge in [0.15, 0.2) is 5.82 Å². The van der Waals surface area contributed by atoms with Gasteiger partial charge in [0, 0.05) is 23.9 Å². The molecule has 1 amide bonds. The summed E-state index contributed by atoms with van der Waals surface area (Å²) >= 11 is 0. The Morgan fingerprint density at radius 1 is 1.26 bits per heavy atom. The maximum Gasteiger partial charge on any atom is 0.252 e. The molecule has 0 saturated carbocycles. The fraction of sp³-hybridized carbons (Fsp3) is 0.294. The van der Waals surface area contributed by atoms with Crippen LogP contribution in [0.1, 0.15) is 29.2 Å². The molecule has 2 heterocycles. The summed E-state index contributed by atoms with van der Waals surface area (Å²) in [6, 6.07) is 2.91. The minimum absolute atomic E-state index is 0. The Morgan fingerprint density at radius 2 is 2.00 bits per heavy atom. The van der Waals surface area contributed by atoms with Gasteiger partial charge in [-0.15, -0.1) is 17.5 Å². The van der Waals surface area contributed by atoms with E-state index >= 15 is 0 Å². The highest BCUT2D eigenvalue weighted by molar-refractivity contribution is 5.91. The van der Waals surface area contributed by atoms with Crippen LogP contribution in [0.25, 0.3) is 5.78 Å². The number of halogens is 3. The number of hydrogen-bond donors (Lipinski definition) is 2. The molecule has 10 heteroatoms. The number of carbonyl (C=O) groups is 1. The summed E-state index contributed by atoms with van der Waals surface area (Å²) in [5.74, 6) is -0.793. The Bertz CT molecular complexity index is 991. The lowest BCUT2D eigenvalue weighted by molar-refractivity contribution is -0.116. The van der Waals surface area contributed by atoms with Gasteiger partial charge in [0.2, 0.25) is 5.91 Å². The van der Waals surface area contributed by atoms with Crippen molar-refractivity contribution in [3.8, 4) is 0 Å². The van der Waals surface area contributed by atoms with Crippen molar-refractivity contribution < 1.29 is 13.6 Å². The van der Waals surface area contributed by atoms with Gasteiger partial charge in [0.05, 0.1) is 12.2 Å². The van der Waals surface area contributed by atoms with Gasteiger partial charge in [-0.3, -0.25) is 4.79 Å². The van der Waals surface area contributed by atoms with Gasteiger partial charge in [0.25, 0.3) is 5.78 Å². The largest absolute Gasteiger partial charge is 0.324 e. The van der Waals surface area contributed by atoms with Crippen LogP contribution in [0.2, 0.25) is 0 Å². The summed E-state index contributed by atoms with van der Waals surface area (Å²) in [6.45, 7) is 3.89. The second-order valence-electron chi connectivity index (χ2n) is 5.88. The van der Waals surface area contributed by atoms with Gasteiger partial charge in [0.1, 0.15) is 11.6 Å². The van der Waals surface area contributed by atoms with Crippen LogP contribution in [0.15, 0.2) is 18.2 Å². The van der Waals surface area contributed by atoms with Crippen LogP contribution in [0, 0.1) is 25.5 Å². The van der Waals surface area contributed by atoms with Crippen molar-refractivity contribution in [1.82, 2.24) is 19.6 Å². The van der Waals surface area contributed by atoms with Crippen molar-refractivity contribution in [3.63, 3.8) is 0 Å². The fourth-order valence-corrected chi connectivity index (χ4v) is 2.74. The van der Waals surface area contributed by atoms with E-state index in [-0.39, 0.29) is 31.1 Å². The van der Waals surface area contributed by atoms with Crippen molar-refractivity contribution in [2.45, 2.75) is 33.2 Å². The van der Waals surface area contributed by atoms with Crippen LogP contribution < -0.4 is 11.1 Å². The van der Waals surface area contributed by atoms with Gasteiger partial charge < -0.3 is 11.1 Å². The Hall–Kier alpha value is -2.65. The maximum atomic E-state index is 13.6. The Labute approximate surface area is 160 Å². The van der Waals surface area contributed by atoms with Crippen LogP contribution >= 0.6 is 12.4 Å². The number of carbonyl (C=O) groups excluding carboxylic acids is 1. The molecule has 144 valence electrons. The van der Waals surface area contributed by atoms with E-state index in [9.17, 15) is 13.6 Å². The standard InChI is InChI=1S/C17H18F2N6O.ClH/c1-9-12(10(2)25-17(21-9)23-15(8-20)24-25)4-6-16(26)22-14-7-11(18)3-5-13(14)19;/h3,5,7H,4,6,8,20H2,1-2H3,(H,22,26);1H. The zero-order valence-electron chi connectivity index (χ0n) is 14.8. The number of fused-ring (bicyclic) bond motifs is 1. The molecular formula is C17H19ClF2N6O. The summed E-state index contributed by atoms with van der Waals surface area (Å²) < 4.78 is 28.4. The summed E-state index contributed by atoms with van der Waals surface area (Å²) in [4.78, 5) is 20.7. The van der Waals surface area contributed by atoms with Crippen molar-refractivity contribution in [2.24, 2.45) is 5.73 Å². The number of anilines is 1. The molecule has 3 aromatic rings. The zero-order valence-corrected chi connectivity index (χ0v) is 15.6. The van der Waals surface area contributed by atoms with Gasteiger partial charge in [-0.25, -0.2) is 18.3 Å². The number of aryl methyl sites for hydroxylation is 2. The van der Waals surface area contributed by atoms with Crippen LogP contribution in [0.4, 0.5) is 14.5 Å². The Kier molecular flexibility index (Phi) is 6.40. The highest BCUT2D eigenvalue weighted by Gasteiger charge is 2.15. The molecule has 0 bridgehead atoms. The minimum atomic E-state index is -0.688.